The third-order valence-electron chi connectivity index (χ3n) is 2.57. The summed E-state index contributed by atoms with van der Waals surface area (Å²) in [7, 11) is 0. The summed E-state index contributed by atoms with van der Waals surface area (Å²) in [6.07, 6.45) is 2.96. The van der Waals surface area contributed by atoms with Crippen LogP contribution < -0.4 is 10.6 Å². The first-order valence-electron chi connectivity index (χ1n) is 6.77. The van der Waals surface area contributed by atoms with Gasteiger partial charge in [-0.3, -0.25) is 9.97 Å². The highest BCUT2D eigenvalue weighted by atomic mass is 16.6. The topological polar surface area (TPSA) is 76.1 Å². The molecule has 0 aliphatic heterocycles. The molecule has 0 radical (unpaired) electrons. The highest BCUT2D eigenvalue weighted by molar-refractivity contribution is 5.67. The largest absolute Gasteiger partial charge is 0.444 e. The van der Waals surface area contributed by atoms with Crippen molar-refractivity contribution in [2.75, 3.05) is 13.1 Å². The Morgan fingerprint density at radius 3 is 2.55 bits per heavy atom. The van der Waals surface area contributed by atoms with E-state index in [-0.39, 0.29) is 6.04 Å². The maximum absolute atomic E-state index is 11.4. The summed E-state index contributed by atoms with van der Waals surface area (Å²) in [5.41, 5.74) is 1.36. The van der Waals surface area contributed by atoms with E-state index in [1.54, 1.807) is 12.4 Å². The molecule has 1 heterocycles. The van der Waals surface area contributed by atoms with Crippen molar-refractivity contribution in [1.82, 2.24) is 20.6 Å². The van der Waals surface area contributed by atoms with Gasteiger partial charge in [0.15, 0.2) is 0 Å². The molecule has 1 atom stereocenters. The van der Waals surface area contributed by atoms with Crippen LogP contribution in [-0.4, -0.2) is 34.8 Å². The molecule has 0 aliphatic rings. The Hall–Kier alpha value is -1.69. The number of nitrogens with zero attached hydrogens (tertiary/aromatic N) is 2. The van der Waals surface area contributed by atoms with E-state index >= 15 is 0 Å². The maximum Gasteiger partial charge on any atom is 0.407 e. The van der Waals surface area contributed by atoms with Crippen molar-refractivity contribution in [2.45, 2.75) is 46.3 Å². The summed E-state index contributed by atoms with van der Waals surface area (Å²) in [6.45, 7) is 10.6. The Bertz CT molecular complexity index is 443. The first-order chi connectivity index (χ1) is 9.29. The van der Waals surface area contributed by atoms with Crippen LogP contribution >= 0.6 is 0 Å². The molecule has 112 valence electrons. The molecule has 0 saturated heterocycles. The molecule has 0 aromatic carbocycles. The van der Waals surface area contributed by atoms with Crippen molar-refractivity contribution in [1.29, 1.82) is 0 Å². The predicted octanol–water partition coefficient (Wildman–Crippen LogP) is 1.96. The minimum Gasteiger partial charge on any atom is -0.444 e. The van der Waals surface area contributed by atoms with E-state index in [4.69, 9.17) is 4.74 Å². The van der Waals surface area contributed by atoms with Crippen LogP contribution in [0.1, 0.15) is 45.1 Å². The highest BCUT2D eigenvalue weighted by Gasteiger charge is 2.15. The van der Waals surface area contributed by atoms with E-state index in [1.807, 2.05) is 34.6 Å². The van der Waals surface area contributed by atoms with Crippen molar-refractivity contribution < 1.29 is 9.53 Å². The van der Waals surface area contributed by atoms with Crippen LogP contribution in [0.5, 0.6) is 0 Å². The average Bonchev–Trinajstić information content (AvgIpc) is 2.33. The number of hydrogen-bond acceptors (Lipinski definition) is 5. The summed E-state index contributed by atoms with van der Waals surface area (Å²) in [4.78, 5) is 20.0. The molecule has 6 heteroatoms. The fourth-order valence-electron chi connectivity index (χ4n) is 1.71. The van der Waals surface area contributed by atoms with E-state index in [2.05, 4.69) is 20.6 Å². The third-order valence-corrected chi connectivity index (χ3v) is 2.57. The summed E-state index contributed by atoms with van der Waals surface area (Å²) >= 11 is 0. The lowest BCUT2D eigenvalue weighted by Gasteiger charge is -2.20. The van der Waals surface area contributed by atoms with E-state index < -0.39 is 11.7 Å². The molecule has 0 fully saturated rings. The molecular formula is C14H24N4O2. The second-order valence-corrected chi connectivity index (χ2v) is 5.63. The standard InChI is InChI=1S/C14H24N4O2/c1-10-12(17-8-6-15-10)11(2)16-7-9-18-13(19)20-14(3,4)5/h6,8,11,16H,7,9H2,1-5H3,(H,18,19). The quantitative estimate of drug-likeness (QED) is 0.806. The van der Waals surface area contributed by atoms with Crippen molar-refractivity contribution in [3.05, 3.63) is 23.8 Å². The van der Waals surface area contributed by atoms with Crippen molar-refractivity contribution in [3.8, 4) is 0 Å². The average molecular weight is 280 g/mol. The number of carbonyl (C=O) groups is 1. The normalized spacial score (nSPS) is 12.8. The molecule has 0 aliphatic carbocycles. The lowest BCUT2D eigenvalue weighted by molar-refractivity contribution is 0.0528. The molecule has 0 spiro atoms. The molecule has 2 N–H and O–H groups in total. The monoisotopic (exact) mass is 280 g/mol. The van der Waals surface area contributed by atoms with Crippen LogP contribution in [0.4, 0.5) is 4.79 Å². The number of alkyl carbamates (subject to hydrolysis) is 1. The van der Waals surface area contributed by atoms with E-state index in [1.165, 1.54) is 0 Å². The minimum absolute atomic E-state index is 0.0872. The van der Waals surface area contributed by atoms with Gasteiger partial charge in [-0.15, -0.1) is 0 Å². The number of amides is 1. The zero-order valence-corrected chi connectivity index (χ0v) is 12.9. The summed E-state index contributed by atoms with van der Waals surface area (Å²) < 4.78 is 5.15. The zero-order valence-electron chi connectivity index (χ0n) is 12.9. The van der Waals surface area contributed by atoms with Gasteiger partial charge in [-0.25, -0.2) is 4.79 Å². The number of nitrogens with one attached hydrogen (secondary N) is 2. The lowest BCUT2D eigenvalue weighted by atomic mass is 10.2. The molecule has 6 nitrogen and oxygen atoms in total. The smallest absolute Gasteiger partial charge is 0.407 e. The lowest BCUT2D eigenvalue weighted by Crippen LogP contribution is -2.37. The summed E-state index contributed by atoms with van der Waals surface area (Å²) in [5.74, 6) is 0. The molecule has 0 saturated carbocycles. The zero-order chi connectivity index (χ0) is 15.2. The Kier molecular flexibility index (Phi) is 5.88. The van der Waals surface area contributed by atoms with Gasteiger partial charge in [-0.2, -0.15) is 0 Å². The molecule has 20 heavy (non-hydrogen) atoms. The van der Waals surface area contributed by atoms with Crippen LogP contribution in [0.25, 0.3) is 0 Å². The van der Waals surface area contributed by atoms with Gasteiger partial charge in [0.05, 0.1) is 11.4 Å². The molecule has 0 bridgehead atoms. The van der Waals surface area contributed by atoms with Gasteiger partial charge in [-0.1, -0.05) is 0 Å². The number of ether oxygens (including phenoxy) is 1. The Morgan fingerprint density at radius 1 is 1.30 bits per heavy atom. The molecule has 1 aromatic rings. The molecule has 1 unspecified atom stereocenters. The first-order valence-corrected chi connectivity index (χ1v) is 6.77. The molecule has 1 rings (SSSR count). The van der Waals surface area contributed by atoms with Gasteiger partial charge < -0.3 is 15.4 Å². The van der Waals surface area contributed by atoms with Gasteiger partial charge in [0, 0.05) is 31.5 Å². The van der Waals surface area contributed by atoms with Crippen molar-refractivity contribution >= 4 is 6.09 Å². The van der Waals surface area contributed by atoms with E-state index in [9.17, 15) is 4.79 Å². The summed E-state index contributed by atoms with van der Waals surface area (Å²) in [5, 5.41) is 5.99. The van der Waals surface area contributed by atoms with Gasteiger partial charge in [-0.05, 0) is 34.6 Å². The molecule has 1 amide bonds. The number of hydrogen-bond donors (Lipinski definition) is 2. The van der Waals surface area contributed by atoms with Gasteiger partial charge in [0.25, 0.3) is 0 Å². The number of aryl methyl sites for hydroxylation is 1. The number of aromatic nitrogens is 2. The van der Waals surface area contributed by atoms with Gasteiger partial charge in [0.2, 0.25) is 0 Å². The van der Waals surface area contributed by atoms with Crippen molar-refractivity contribution in [2.24, 2.45) is 0 Å². The fraction of sp³-hybridized carbons (Fsp3) is 0.643. The van der Waals surface area contributed by atoms with Gasteiger partial charge >= 0.3 is 6.09 Å². The number of carbonyl (C=O) groups excluding carboxylic acids is 1. The Balaban J connectivity index is 2.28. The first kappa shape index (κ1) is 16.4. The van der Waals surface area contributed by atoms with E-state index in [0.717, 1.165) is 11.4 Å². The molecule has 1 aromatic heterocycles. The Morgan fingerprint density at radius 2 is 1.95 bits per heavy atom. The third kappa shape index (κ3) is 5.97. The maximum atomic E-state index is 11.4. The molecular weight excluding hydrogens is 256 g/mol. The van der Waals surface area contributed by atoms with E-state index in [0.29, 0.717) is 13.1 Å². The van der Waals surface area contributed by atoms with Crippen LogP contribution in [0.15, 0.2) is 12.4 Å². The number of rotatable bonds is 5. The van der Waals surface area contributed by atoms with Crippen LogP contribution in [0, 0.1) is 6.92 Å². The van der Waals surface area contributed by atoms with Crippen LogP contribution in [-0.2, 0) is 4.74 Å². The second kappa shape index (κ2) is 7.19. The predicted molar refractivity (Wildman–Crippen MR) is 77.4 cm³/mol. The van der Waals surface area contributed by atoms with Gasteiger partial charge in [0.1, 0.15) is 5.60 Å². The highest BCUT2D eigenvalue weighted by Crippen LogP contribution is 2.10. The van der Waals surface area contributed by atoms with Crippen LogP contribution in [0.3, 0.4) is 0 Å². The SMILES string of the molecule is Cc1nccnc1C(C)NCCNC(=O)OC(C)(C)C. The Labute approximate surface area is 120 Å². The van der Waals surface area contributed by atoms with Crippen molar-refractivity contribution in [3.63, 3.8) is 0 Å². The fourth-order valence-corrected chi connectivity index (χ4v) is 1.71. The summed E-state index contributed by atoms with van der Waals surface area (Å²) in [6, 6.07) is 0.0872. The second-order valence-electron chi connectivity index (χ2n) is 5.63. The minimum atomic E-state index is -0.471. The van der Waals surface area contributed by atoms with Crippen LogP contribution in [0.2, 0.25) is 0 Å².